The summed E-state index contributed by atoms with van der Waals surface area (Å²) < 4.78 is 16.7. The van der Waals surface area contributed by atoms with Crippen LogP contribution in [0.2, 0.25) is 0 Å². The summed E-state index contributed by atoms with van der Waals surface area (Å²) in [5, 5.41) is 2.11. The summed E-state index contributed by atoms with van der Waals surface area (Å²) in [6.45, 7) is 0. The number of fused-ring (bicyclic) bond motifs is 3. The molecule has 0 spiro atoms. The molecule has 1 aromatic heterocycles. The minimum absolute atomic E-state index is 0.0369. The van der Waals surface area contributed by atoms with E-state index < -0.39 is 0 Å². The van der Waals surface area contributed by atoms with Crippen LogP contribution in [-0.2, 0) is 4.79 Å². The first-order valence-electron chi connectivity index (χ1n) is 9.56. The van der Waals surface area contributed by atoms with E-state index in [-0.39, 0.29) is 11.9 Å². The molecule has 3 aromatic carbocycles. The number of rotatable bonds is 5. The Morgan fingerprint density at radius 3 is 2.66 bits per heavy atom. The fourth-order valence-electron chi connectivity index (χ4n) is 3.30. The van der Waals surface area contributed by atoms with Crippen LogP contribution in [0.4, 0.5) is 5.69 Å². The van der Waals surface area contributed by atoms with Crippen LogP contribution in [0.25, 0.3) is 21.9 Å². The molecule has 29 heavy (non-hydrogen) atoms. The Hall–Kier alpha value is -3.60. The second kappa shape index (κ2) is 7.09. The highest BCUT2D eigenvalue weighted by atomic mass is 16.6. The molecule has 1 fully saturated rings. The van der Waals surface area contributed by atoms with Gasteiger partial charge in [0, 0.05) is 17.0 Å². The zero-order valence-electron chi connectivity index (χ0n) is 15.9. The Bertz CT molecular complexity index is 1250. The fraction of sp³-hybridized carbons (Fsp3) is 0.167. The van der Waals surface area contributed by atoms with E-state index in [1.54, 1.807) is 19.4 Å². The lowest BCUT2D eigenvalue weighted by molar-refractivity contribution is -0.135. The lowest BCUT2D eigenvalue weighted by Crippen LogP contribution is -2.10. The van der Waals surface area contributed by atoms with Gasteiger partial charge >= 0.3 is 5.97 Å². The highest BCUT2D eigenvalue weighted by Gasteiger charge is 2.32. The van der Waals surface area contributed by atoms with Gasteiger partial charge in [-0.1, -0.05) is 18.2 Å². The van der Waals surface area contributed by atoms with Gasteiger partial charge in [0.25, 0.3) is 0 Å². The van der Waals surface area contributed by atoms with Crippen molar-refractivity contribution in [3.63, 3.8) is 0 Å². The van der Waals surface area contributed by atoms with E-state index in [4.69, 9.17) is 13.9 Å². The van der Waals surface area contributed by atoms with Gasteiger partial charge in [-0.3, -0.25) is 9.79 Å². The zero-order chi connectivity index (χ0) is 19.8. The Morgan fingerprint density at radius 2 is 1.83 bits per heavy atom. The van der Waals surface area contributed by atoms with Gasteiger partial charge in [-0.05, 0) is 60.9 Å². The second-order valence-corrected chi connectivity index (χ2v) is 7.14. The third-order valence-corrected chi connectivity index (χ3v) is 5.03. The SMILES string of the molecule is COc1cc(C=Nc2ccc3oc4ccccc4c3c2)ccc1OC(=O)C1CC1. The van der Waals surface area contributed by atoms with E-state index in [1.165, 1.54) is 0 Å². The summed E-state index contributed by atoms with van der Waals surface area (Å²) >= 11 is 0. The Labute approximate surface area is 167 Å². The van der Waals surface area contributed by atoms with Gasteiger partial charge in [-0.25, -0.2) is 0 Å². The number of aliphatic imine (C=N–C) groups is 1. The van der Waals surface area contributed by atoms with Crippen molar-refractivity contribution in [3.8, 4) is 11.5 Å². The summed E-state index contributed by atoms with van der Waals surface area (Å²) in [7, 11) is 1.56. The van der Waals surface area contributed by atoms with E-state index in [0.29, 0.717) is 11.5 Å². The van der Waals surface area contributed by atoms with Gasteiger partial charge in [-0.15, -0.1) is 0 Å². The van der Waals surface area contributed by atoms with Crippen LogP contribution in [0, 0.1) is 5.92 Å². The number of furan rings is 1. The van der Waals surface area contributed by atoms with Gasteiger partial charge in [0.15, 0.2) is 11.5 Å². The maximum Gasteiger partial charge on any atom is 0.314 e. The molecule has 1 aliphatic carbocycles. The lowest BCUT2D eigenvalue weighted by Gasteiger charge is -2.09. The molecule has 0 aliphatic heterocycles. The number of hydrogen-bond acceptors (Lipinski definition) is 5. The first kappa shape index (κ1) is 17.5. The molecule has 0 unspecified atom stereocenters. The normalized spacial score (nSPS) is 14.0. The van der Waals surface area contributed by atoms with Gasteiger partial charge in [0.1, 0.15) is 11.2 Å². The van der Waals surface area contributed by atoms with Gasteiger partial charge in [0.05, 0.1) is 18.7 Å². The minimum Gasteiger partial charge on any atom is -0.493 e. The first-order chi connectivity index (χ1) is 14.2. The largest absolute Gasteiger partial charge is 0.493 e. The maximum atomic E-state index is 11.9. The van der Waals surface area contributed by atoms with Gasteiger partial charge < -0.3 is 13.9 Å². The van der Waals surface area contributed by atoms with Gasteiger partial charge in [-0.2, -0.15) is 0 Å². The summed E-state index contributed by atoms with van der Waals surface area (Å²) in [6, 6.07) is 19.2. The van der Waals surface area contributed by atoms with Crippen LogP contribution in [0.3, 0.4) is 0 Å². The van der Waals surface area contributed by atoms with Crippen LogP contribution < -0.4 is 9.47 Å². The molecular formula is C24H19NO4. The summed E-state index contributed by atoms with van der Waals surface area (Å²) in [5.74, 6) is 0.798. The predicted octanol–water partition coefficient (Wildman–Crippen LogP) is 5.66. The van der Waals surface area contributed by atoms with Crippen LogP contribution in [0.5, 0.6) is 11.5 Å². The quantitative estimate of drug-likeness (QED) is 0.253. The third kappa shape index (κ3) is 3.47. The van der Waals surface area contributed by atoms with E-state index >= 15 is 0 Å². The molecule has 0 amide bonds. The van der Waals surface area contributed by atoms with Crippen molar-refractivity contribution < 1.29 is 18.7 Å². The molecule has 5 rings (SSSR count). The standard InChI is InChI=1S/C24H19NO4/c1-27-23-12-15(6-10-22(23)29-24(26)16-7-8-16)14-25-17-9-11-21-19(13-17)18-4-2-3-5-20(18)28-21/h2-6,9-14,16H,7-8H2,1H3. The number of ether oxygens (including phenoxy) is 2. The zero-order valence-corrected chi connectivity index (χ0v) is 15.9. The van der Waals surface area contributed by atoms with Crippen LogP contribution in [-0.4, -0.2) is 19.3 Å². The summed E-state index contributed by atoms with van der Waals surface area (Å²) in [4.78, 5) is 16.5. The molecule has 0 N–H and O–H groups in total. The molecule has 1 aliphatic rings. The molecule has 0 bridgehead atoms. The topological polar surface area (TPSA) is 61.0 Å². The molecule has 1 saturated carbocycles. The van der Waals surface area contributed by atoms with Crippen molar-refractivity contribution in [1.29, 1.82) is 0 Å². The monoisotopic (exact) mass is 385 g/mol. The molecule has 144 valence electrons. The molecule has 5 nitrogen and oxygen atoms in total. The fourth-order valence-corrected chi connectivity index (χ4v) is 3.30. The van der Waals surface area contributed by atoms with E-state index in [0.717, 1.165) is 46.0 Å². The van der Waals surface area contributed by atoms with Crippen molar-refractivity contribution in [2.45, 2.75) is 12.8 Å². The van der Waals surface area contributed by atoms with Crippen molar-refractivity contribution in [1.82, 2.24) is 0 Å². The number of methoxy groups -OCH3 is 1. The van der Waals surface area contributed by atoms with E-state index in [2.05, 4.69) is 4.99 Å². The molecule has 5 heteroatoms. The molecule has 0 atom stereocenters. The van der Waals surface area contributed by atoms with Crippen molar-refractivity contribution in [2.24, 2.45) is 10.9 Å². The molecular weight excluding hydrogens is 366 g/mol. The van der Waals surface area contributed by atoms with Crippen LogP contribution >= 0.6 is 0 Å². The molecule has 1 heterocycles. The lowest BCUT2D eigenvalue weighted by atomic mass is 10.1. The number of carbonyl (C=O) groups excluding carboxylic acids is 1. The smallest absolute Gasteiger partial charge is 0.314 e. The molecule has 0 radical (unpaired) electrons. The average molecular weight is 385 g/mol. The minimum atomic E-state index is -0.189. The van der Waals surface area contributed by atoms with Gasteiger partial charge in [0.2, 0.25) is 0 Å². The number of para-hydroxylation sites is 1. The van der Waals surface area contributed by atoms with E-state index in [1.807, 2.05) is 54.6 Å². The molecule has 0 saturated heterocycles. The second-order valence-electron chi connectivity index (χ2n) is 7.14. The van der Waals surface area contributed by atoms with Crippen molar-refractivity contribution in [3.05, 3.63) is 66.2 Å². The predicted molar refractivity (Wildman–Crippen MR) is 112 cm³/mol. The number of esters is 1. The Kier molecular flexibility index (Phi) is 4.28. The highest BCUT2D eigenvalue weighted by Crippen LogP contribution is 2.34. The number of hydrogen-bond donors (Lipinski definition) is 0. The summed E-state index contributed by atoms with van der Waals surface area (Å²) in [5.41, 5.74) is 3.39. The van der Waals surface area contributed by atoms with Crippen LogP contribution in [0.15, 0.2) is 70.1 Å². The third-order valence-electron chi connectivity index (χ3n) is 5.03. The first-order valence-corrected chi connectivity index (χ1v) is 9.56. The number of nitrogens with zero attached hydrogens (tertiary/aromatic N) is 1. The average Bonchev–Trinajstić information content (AvgIpc) is 3.54. The highest BCUT2D eigenvalue weighted by molar-refractivity contribution is 6.06. The summed E-state index contributed by atoms with van der Waals surface area (Å²) in [6.07, 6.45) is 3.57. The Morgan fingerprint density at radius 1 is 1.00 bits per heavy atom. The number of benzene rings is 3. The van der Waals surface area contributed by atoms with E-state index in [9.17, 15) is 4.79 Å². The van der Waals surface area contributed by atoms with Crippen molar-refractivity contribution >= 4 is 39.8 Å². The van der Waals surface area contributed by atoms with Crippen molar-refractivity contribution in [2.75, 3.05) is 7.11 Å². The maximum absolute atomic E-state index is 11.9. The van der Waals surface area contributed by atoms with Crippen LogP contribution in [0.1, 0.15) is 18.4 Å². The Balaban J connectivity index is 1.41. The molecule has 4 aromatic rings. The number of carbonyl (C=O) groups is 1.